The van der Waals surface area contributed by atoms with E-state index in [1.54, 1.807) is 14.0 Å². The highest BCUT2D eigenvalue weighted by Crippen LogP contribution is 2.19. The number of hydrogen-bond donors (Lipinski definition) is 1. The average Bonchev–Trinajstić information content (AvgIpc) is 2.45. The number of hydrogen-bond acceptors (Lipinski definition) is 4. The molecule has 0 aliphatic carbocycles. The maximum absolute atomic E-state index is 13.6. The van der Waals surface area contributed by atoms with Gasteiger partial charge in [0.15, 0.2) is 0 Å². The maximum atomic E-state index is 13.6. The molecule has 1 aromatic carbocycles. The van der Waals surface area contributed by atoms with Gasteiger partial charge < -0.3 is 10.1 Å². The molecule has 0 aliphatic heterocycles. The van der Waals surface area contributed by atoms with Crippen LogP contribution in [0.5, 0.6) is 0 Å². The lowest BCUT2D eigenvalue weighted by atomic mass is 10.2. The lowest BCUT2D eigenvalue weighted by Gasteiger charge is -2.20. The molecule has 0 spiro atoms. The summed E-state index contributed by atoms with van der Waals surface area (Å²) in [7, 11) is -1.95. The molecule has 1 aromatic rings. The van der Waals surface area contributed by atoms with E-state index in [0.29, 0.717) is 25.3 Å². The normalized spacial score (nSPS) is 12.0. The van der Waals surface area contributed by atoms with E-state index < -0.39 is 15.8 Å². The van der Waals surface area contributed by atoms with Gasteiger partial charge in [0.25, 0.3) is 0 Å². The number of ether oxygens (including phenoxy) is 1. The molecule has 0 aliphatic rings. The third-order valence-corrected chi connectivity index (χ3v) is 5.03. The van der Waals surface area contributed by atoms with Gasteiger partial charge in [-0.1, -0.05) is 6.92 Å². The second-order valence-electron chi connectivity index (χ2n) is 4.48. The molecular weight excluding hydrogens is 295 g/mol. The highest BCUT2D eigenvalue weighted by atomic mass is 32.2. The molecule has 0 aromatic heterocycles. The number of nitrogens with zero attached hydrogens (tertiary/aromatic N) is 1. The fraction of sp³-hybridized carbons (Fsp3) is 0.571. The van der Waals surface area contributed by atoms with Gasteiger partial charge in [-0.2, -0.15) is 4.31 Å². The monoisotopic (exact) mass is 318 g/mol. The summed E-state index contributed by atoms with van der Waals surface area (Å²) >= 11 is 0. The van der Waals surface area contributed by atoms with Gasteiger partial charge in [-0.25, -0.2) is 12.8 Å². The average molecular weight is 318 g/mol. The zero-order valence-electron chi connectivity index (χ0n) is 12.7. The topological polar surface area (TPSA) is 58.6 Å². The molecule has 7 heteroatoms. The second-order valence-corrected chi connectivity index (χ2v) is 6.42. The largest absolute Gasteiger partial charge is 0.380 e. The molecule has 1 N–H and O–H groups in total. The minimum Gasteiger partial charge on any atom is -0.380 e. The molecule has 0 bridgehead atoms. The van der Waals surface area contributed by atoms with Crippen LogP contribution in [0.25, 0.3) is 0 Å². The number of sulfonamides is 1. The highest BCUT2D eigenvalue weighted by Gasteiger charge is 2.23. The van der Waals surface area contributed by atoms with Crippen molar-refractivity contribution >= 4 is 10.0 Å². The van der Waals surface area contributed by atoms with Gasteiger partial charge in [-0.05, 0) is 32.2 Å². The van der Waals surface area contributed by atoms with Crippen molar-refractivity contribution in [3.8, 4) is 0 Å². The predicted molar refractivity (Wildman–Crippen MR) is 80.1 cm³/mol. The van der Waals surface area contributed by atoms with Crippen molar-refractivity contribution in [3.63, 3.8) is 0 Å². The van der Waals surface area contributed by atoms with Crippen molar-refractivity contribution in [1.29, 1.82) is 0 Å². The SMILES string of the molecule is CCOCCN(CC)S(=O)(=O)c1ccc(F)c(CNC)c1. The van der Waals surface area contributed by atoms with Crippen LogP contribution in [-0.2, 0) is 21.3 Å². The van der Waals surface area contributed by atoms with Crippen molar-refractivity contribution in [2.45, 2.75) is 25.3 Å². The summed E-state index contributed by atoms with van der Waals surface area (Å²) in [4.78, 5) is 0.104. The third-order valence-electron chi connectivity index (χ3n) is 3.06. The van der Waals surface area contributed by atoms with E-state index in [1.165, 1.54) is 22.5 Å². The zero-order valence-corrected chi connectivity index (χ0v) is 13.5. The van der Waals surface area contributed by atoms with Crippen LogP contribution in [0.3, 0.4) is 0 Å². The van der Waals surface area contributed by atoms with Crippen molar-refractivity contribution in [3.05, 3.63) is 29.6 Å². The molecule has 5 nitrogen and oxygen atoms in total. The quantitative estimate of drug-likeness (QED) is 0.703. The molecular formula is C14H23FN2O3S. The number of likely N-dealkylation sites (N-methyl/N-ethyl adjacent to an activating group) is 1. The minimum atomic E-state index is -3.63. The first kappa shape index (κ1) is 18.0. The van der Waals surface area contributed by atoms with Crippen LogP contribution < -0.4 is 5.32 Å². The molecule has 0 atom stereocenters. The van der Waals surface area contributed by atoms with Gasteiger partial charge in [0.2, 0.25) is 10.0 Å². The first-order valence-corrected chi connectivity index (χ1v) is 8.42. The Morgan fingerprint density at radius 2 is 2.05 bits per heavy atom. The van der Waals surface area contributed by atoms with Crippen LogP contribution in [0.1, 0.15) is 19.4 Å². The lowest BCUT2D eigenvalue weighted by Crippen LogP contribution is -2.34. The smallest absolute Gasteiger partial charge is 0.243 e. The van der Waals surface area contributed by atoms with E-state index in [9.17, 15) is 12.8 Å². The number of rotatable bonds is 9. The van der Waals surface area contributed by atoms with Crippen LogP contribution in [-0.4, -0.2) is 46.1 Å². The van der Waals surface area contributed by atoms with Crippen molar-refractivity contribution in [1.82, 2.24) is 9.62 Å². The summed E-state index contributed by atoms with van der Waals surface area (Å²) in [5.41, 5.74) is 0.333. The molecule has 21 heavy (non-hydrogen) atoms. The Bertz CT molecular complexity index is 549. The number of nitrogens with one attached hydrogen (secondary N) is 1. The fourth-order valence-corrected chi connectivity index (χ4v) is 3.43. The Morgan fingerprint density at radius 3 is 2.62 bits per heavy atom. The minimum absolute atomic E-state index is 0.104. The lowest BCUT2D eigenvalue weighted by molar-refractivity contribution is 0.135. The van der Waals surface area contributed by atoms with E-state index in [0.717, 1.165) is 0 Å². The van der Waals surface area contributed by atoms with Crippen LogP contribution in [0.15, 0.2) is 23.1 Å². The zero-order chi connectivity index (χ0) is 15.9. The summed E-state index contributed by atoms with van der Waals surface area (Å²) < 4.78 is 45.2. The Hall–Kier alpha value is -1.02. The van der Waals surface area contributed by atoms with Crippen molar-refractivity contribution in [2.24, 2.45) is 0 Å². The number of benzene rings is 1. The molecule has 0 fully saturated rings. The van der Waals surface area contributed by atoms with Gasteiger partial charge in [0.05, 0.1) is 11.5 Å². The molecule has 0 unspecified atom stereocenters. The van der Waals surface area contributed by atoms with Crippen LogP contribution in [0.4, 0.5) is 4.39 Å². The van der Waals surface area contributed by atoms with Crippen molar-refractivity contribution in [2.75, 3.05) is 33.4 Å². The maximum Gasteiger partial charge on any atom is 0.243 e. The summed E-state index contributed by atoms with van der Waals surface area (Å²) in [6.45, 7) is 5.41. The third kappa shape index (κ3) is 4.74. The Kier molecular flexibility index (Phi) is 7.24. The molecule has 120 valence electrons. The van der Waals surface area contributed by atoms with E-state index in [4.69, 9.17) is 4.74 Å². The predicted octanol–water partition coefficient (Wildman–Crippen LogP) is 1.59. The van der Waals surface area contributed by atoms with E-state index in [-0.39, 0.29) is 18.0 Å². The van der Waals surface area contributed by atoms with Gasteiger partial charge in [-0.15, -0.1) is 0 Å². The summed E-state index contributed by atoms with van der Waals surface area (Å²) in [5, 5.41) is 2.82. The van der Waals surface area contributed by atoms with Gasteiger partial charge in [0, 0.05) is 31.8 Å². The van der Waals surface area contributed by atoms with E-state index >= 15 is 0 Å². The Labute approximate surface area is 126 Å². The summed E-state index contributed by atoms with van der Waals surface area (Å²) in [6.07, 6.45) is 0. The van der Waals surface area contributed by atoms with E-state index in [2.05, 4.69) is 5.32 Å². The molecule has 0 radical (unpaired) electrons. The van der Waals surface area contributed by atoms with Crippen LogP contribution >= 0.6 is 0 Å². The molecule has 1 rings (SSSR count). The molecule has 0 amide bonds. The number of halogens is 1. The van der Waals surface area contributed by atoms with E-state index in [1.807, 2.05) is 6.92 Å². The summed E-state index contributed by atoms with van der Waals surface area (Å²) in [6, 6.07) is 3.87. The first-order chi connectivity index (χ1) is 9.97. The molecule has 0 saturated heterocycles. The Morgan fingerprint density at radius 1 is 1.33 bits per heavy atom. The molecule has 0 saturated carbocycles. The Balaban J connectivity index is 3.02. The van der Waals surface area contributed by atoms with Gasteiger partial charge >= 0.3 is 0 Å². The first-order valence-electron chi connectivity index (χ1n) is 6.98. The van der Waals surface area contributed by atoms with Crippen molar-refractivity contribution < 1.29 is 17.5 Å². The highest BCUT2D eigenvalue weighted by molar-refractivity contribution is 7.89. The van der Waals surface area contributed by atoms with Gasteiger partial charge in [0.1, 0.15) is 5.82 Å². The fourth-order valence-electron chi connectivity index (χ4n) is 1.95. The second kappa shape index (κ2) is 8.43. The summed E-state index contributed by atoms with van der Waals surface area (Å²) in [5.74, 6) is -0.416. The van der Waals surface area contributed by atoms with Crippen LogP contribution in [0, 0.1) is 5.82 Å². The standard InChI is InChI=1S/C14H23FN2O3S/c1-4-17(8-9-20-5-2)21(18,19)13-6-7-14(15)12(10-13)11-16-3/h6-7,10,16H,4-5,8-9,11H2,1-3H3. The van der Waals surface area contributed by atoms with Gasteiger partial charge in [-0.3, -0.25) is 0 Å². The molecule has 0 heterocycles. The van der Waals surface area contributed by atoms with Crippen LogP contribution in [0.2, 0.25) is 0 Å².